The monoisotopic (exact) mass is 247 g/mol. The van der Waals surface area contributed by atoms with Crippen molar-refractivity contribution in [3.8, 4) is 0 Å². The van der Waals surface area contributed by atoms with Crippen LogP contribution in [0, 0.1) is 0 Å². The molecule has 96 valence electrons. The Morgan fingerprint density at radius 1 is 1.56 bits per heavy atom. The van der Waals surface area contributed by atoms with Crippen molar-refractivity contribution >= 4 is 12.2 Å². The maximum absolute atomic E-state index is 5.81. The highest BCUT2D eigenvalue weighted by atomic mass is 15.4. The minimum Gasteiger partial charge on any atom is -0.386 e. The lowest BCUT2D eigenvalue weighted by Crippen LogP contribution is -2.63. The van der Waals surface area contributed by atoms with E-state index in [1.54, 1.807) is 6.34 Å². The highest BCUT2D eigenvalue weighted by molar-refractivity contribution is 5.84. The number of fused-ring (bicyclic) bond motifs is 2. The van der Waals surface area contributed by atoms with Gasteiger partial charge in [-0.3, -0.25) is 10.3 Å². The molecule has 0 aromatic heterocycles. The zero-order valence-electron chi connectivity index (χ0n) is 10.2. The van der Waals surface area contributed by atoms with Crippen LogP contribution in [0.3, 0.4) is 0 Å². The first-order valence-corrected chi connectivity index (χ1v) is 5.92. The van der Waals surface area contributed by atoms with Gasteiger partial charge in [0, 0.05) is 11.9 Å². The average Bonchev–Trinajstić information content (AvgIpc) is 2.51. The number of nitrogens with one attached hydrogen (secondary N) is 3. The highest BCUT2D eigenvalue weighted by Gasteiger charge is 2.33. The first-order valence-electron chi connectivity index (χ1n) is 5.92. The quantitative estimate of drug-likeness (QED) is 0.433. The summed E-state index contributed by atoms with van der Waals surface area (Å²) in [6.45, 7) is 6.55. The van der Waals surface area contributed by atoms with Gasteiger partial charge < -0.3 is 21.3 Å². The predicted molar refractivity (Wildman–Crippen MR) is 70.5 cm³/mol. The molecule has 3 unspecified atom stereocenters. The molecule has 0 aliphatic carbocycles. The summed E-state index contributed by atoms with van der Waals surface area (Å²) < 4.78 is 0. The minimum absolute atomic E-state index is 0.0461. The molecule has 3 atom stereocenters. The van der Waals surface area contributed by atoms with E-state index in [4.69, 9.17) is 5.73 Å². The van der Waals surface area contributed by atoms with Crippen LogP contribution in [0.15, 0.2) is 34.2 Å². The van der Waals surface area contributed by atoms with E-state index in [-0.39, 0.29) is 18.5 Å². The molecule has 3 heterocycles. The van der Waals surface area contributed by atoms with Crippen LogP contribution in [0.2, 0.25) is 0 Å². The van der Waals surface area contributed by atoms with Crippen LogP contribution in [0.4, 0.5) is 0 Å². The zero-order valence-corrected chi connectivity index (χ0v) is 10.2. The van der Waals surface area contributed by atoms with Gasteiger partial charge in [-0.25, -0.2) is 4.99 Å². The summed E-state index contributed by atoms with van der Waals surface area (Å²) in [5.41, 5.74) is 7.80. The topological polar surface area (TPSA) is 90.1 Å². The van der Waals surface area contributed by atoms with Gasteiger partial charge in [-0.1, -0.05) is 6.58 Å². The molecule has 0 spiro atoms. The van der Waals surface area contributed by atoms with E-state index in [1.165, 1.54) is 0 Å². The molecular weight excluding hydrogens is 230 g/mol. The van der Waals surface area contributed by atoms with Gasteiger partial charge in [0.1, 0.15) is 12.0 Å². The molecule has 0 saturated carbocycles. The first kappa shape index (κ1) is 11.1. The lowest BCUT2D eigenvalue weighted by Gasteiger charge is -2.42. The highest BCUT2D eigenvalue weighted by Crippen LogP contribution is 2.19. The molecule has 0 bridgehead atoms. The summed E-state index contributed by atoms with van der Waals surface area (Å²) in [6, 6.07) is 0.0725. The Balaban J connectivity index is 1.94. The Labute approximate surface area is 106 Å². The molecule has 0 aromatic carbocycles. The van der Waals surface area contributed by atoms with E-state index in [2.05, 4.69) is 39.4 Å². The van der Waals surface area contributed by atoms with Crippen molar-refractivity contribution in [1.29, 1.82) is 0 Å². The molecule has 18 heavy (non-hydrogen) atoms. The number of rotatable bonds is 0. The van der Waals surface area contributed by atoms with Crippen molar-refractivity contribution in [2.75, 3.05) is 6.54 Å². The minimum atomic E-state index is -0.230. The van der Waals surface area contributed by atoms with Crippen molar-refractivity contribution < 1.29 is 0 Å². The summed E-state index contributed by atoms with van der Waals surface area (Å²) >= 11 is 0. The smallest absolute Gasteiger partial charge is 0.181 e. The second-order valence-corrected chi connectivity index (χ2v) is 4.59. The van der Waals surface area contributed by atoms with Gasteiger partial charge in [-0.2, -0.15) is 0 Å². The molecule has 3 rings (SSSR count). The van der Waals surface area contributed by atoms with Crippen molar-refractivity contribution in [2.45, 2.75) is 25.4 Å². The lowest BCUT2D eigenvalue weighted by atomic mass is 10.1. The number of hydrogen-bond donors (Lipinski definition) is 4. The third kappa shape index (κ3) is 1.72. The number of aliphatic imine (C=N–C) groups is 2. The Hall–Kier alpha value is -2.02. The van der Waals surface area contributed by atoms with Crippen LogP contribution >= 0.6 is 0 Å². The van der Waals surface area contributed by atoms with Gasteiger partial charge in [-0.15, -0.1) is 0 Å². The predicted octanol–water partition coefficient (Wildman–Crippen LogP) is -1.16. The van der Waals surface area contributed by atoms with Gasteiger partial charge >= 0.3 is 0 Å². The van der Waals surface area contributed by atoms with E-state index in [9.17, 15) is 0 Å². The molecule has 7 nitrogen and oxygen atoms in total. The maximum Gasteiger partial charge on any atom is 0.181 e. The van der Waals surface area contributed by atoms with E-state index < -0.39 is 0 Å². The van der Waals surface area contributed by atoms with Gasteiger partial charge in [0.15, 0.2) is 6.29 Å². The van der Waals surface area contributed by atoms with Crippen LogP contribution in [-0.4, -0.2) is 42.1 Å². The van der Waals surface area contributed by atoms with Crippen molar-refractivity contribution in [3.05, 3.63) is 24.2 Å². The third-order valence-corrected chi connectivity index (χ3v) is 3.33. The van der Waals surface area contributed by atoms with Gasteiger partial charge in [-0.05, 0) is 6.92 Å². The lowest BCUT2D eigenvalue weighted by molar-refractivity contribution is 0.202. The summed E-state index contributed by atoms with van der Waals surface area (Å²) in [7, 11) is 0. The molecule has 3 aliphatic heterocycles. The third-order valence-electron chi connectivity index (χ3n) is 3.33. The molecular formula is C11H17N7. The van der Waals surface area contributed by atoms with E-state index in [0.717, 1.165) is 11.4 Å². The zero-order chi connectivity index (χ0) is 12.7. The van der Waals surface area contributed by atoms with Crippen LogP contribution in [0.25, 0.3) is 0 Å². The first-order chi connectivity index (χ1) is 8.65. The Morgan fingerprint density at radius 3 is 3.11 bits per heavy atom. The van der Waals surface area contributed by atoms with E-state index in [1.807, 2.05) is 11.1 Å². The summed E-state index contributed by atoms with van der Waals surface area (Å²) in [4.78, 5) is 10.7. The average molecular weight is 247 g/mol. The number of hydrogen-bond acceptors (Lipinski definition) is 7. The number of nitrogens with two attached hydrogens (primary N) is 1. The molecule has 5 N–H and O–H groups in total. The van der Waals surface area contributed by atoms with E-state index in [0.29, 0.717) is 12.4 Å². The molecule has 7 heteroatoms. The van der Waals surface area contributed by atoms with Crippen LogP contribution in [-0.2, 0) is 0 Å². The van der Waals surface area contributed by atoms with Crippen LogP contribution in [0.5, 0.6) is 0 Å². The fraction of sp³-hybridized carbons (Fsp3) is 0.455. The normalized spacial score (nSPS) is 34.4. The van der Waals surface area contributed by atoms with E-state index >= 15 is 0 Å². The Morgan fingerprint density at radius 2 is 2.39 bits per heavy atom. The standard InChI is InChI=1S/C11H17N7/c1-6-7(2)18-5-13-4-9(12)16-11(18)17-10-8(15-6)3-14-10/h3,5,7,10-11,14-15,17H,1,4H2,2H3,(H2,12,16). The van der Waals surface area contributed by atoms with Crippen LogP contribution < -0.4 is 21.7 Å². The van der Waals surface area contributed by atoms with Crippen molar-refractivity contribution in [3.63, 3.8) is 0 Å². The Bertz CT molecular complexity index is 464. The Kier molecular flexibility index (Phi) is 2.48. The molecule has 0 amide bonds. The SMILES string of the molecule is C=C1NC2=CNC2NC2N=C(N)CN=CN2C1C. The molecule has 1 saturated heterocycles. The van der Waals surface area contributed by atoms with Crippen LogP contribution in [0.1, 0.15) is 6.92 Å². The fourth-order valence-electron chi connectivity index (χ4n) is 2.11. The van der Waals surface area contributed by atoms with Gasteiger partial charge in [0.2, 0.25) is 0 Å². The summed E-state index contributed by atoms with van der Waals surface area (Å²) in [6.07, 6.45) is 3.52. The second-order valence-electron chi connectivity index (χ2n) is 4.59. The van der Waals surface area contributed by atoms with Gasteiger partial charge in [0.25, 0.3) is 0 Å². The number of nitrogens with zero attached hydrogens (tertiary/aromatic N) is 3. The summed E-state index contributed by atoms with van der Waals surface area (Å²) in [5, 5.41) is 9.82. The molecule has 1 fully saturated rings. The number of amidine groups is 1. The molecule has 3 aliphatic rings. The fourth-order valence-corrected chi connectivity index (χ4v) is 2.11. The second kappa shape index (κ2) is 4.02. The van der Waals surface area contributed by atoms with Gasteiger partial charge in [0.05, 0.1) is 24.6 Å². The van der Waals surface area contributed by atoms with Crippen molar-refractivity contribution in [1.82, 2.24) is 20.9 Å². The largest absolute Gasteiger partial charge is 0.386 e. The molecule has 0 aromatic rings. The maximum atomic E-state index is 5.81. The summed E-state index contributed by atoms with van der Waals surface area (Å²) in [5.74, 6) is 0.530. The van der Waals surface area contributed by atoms with Crippen molar-refractivity contribution in [2.24, 2.45) is 15.7 Å². The molecule has 0 radical (unpaired) electrons.